The maximum Gasteiger partial charge on any atom is 0.315 e. The van der Waals surface area contributed by atoms with Crippen molar-refractivity contribution in [1.29, 1.82) is 0 Å². The molecule has 7 heteroatoms. The summed E-state index contributed by atoms with van der Waals surface area (Å²) in [5.74, 6) is -0.554. The number of halogens is 2. The van der Waals surface area contributed by atoms with Gasteiger partial charge in [0.25, 0.3) is 0 Å². The predicted octanol–water partition coefficient (Wildman–Crippen LogP) is 4.43. The molecule has 2 atom stereocenters. The fourth-order valence-corrected chi connectivity index (χ4v) is 2.96. The standard InChI is InChI=1S/C21H25BrFN3O2/c1-3-4-19(20(27)25-14(2)16-7-9-17(22)10-8-16)26-21(28)24-13-15-5-11-18(23)12-6-15/h5-12,14,19H,3-4,13H2,1-2H3,(H,25,27)(H2,24,26,28)/t14-,19-/m0/s1. The van der Waals surface area contributed by atoms with Gasteiger partial charge in [0.05, 0.1) is 6.04 Å². The van der Waals surface area contributed by atoms with Crippen molar-refractivity contribution in [3.8, 4) is 0 Å². The minimum atomic E-state index is -0.629. The molecule has 0 saturated heterocycles. The third-order valence-corrected chi connectivity index (χ3v) is 4.82. The van der Waals surface area contributed by atoms with Crippen LogP contribution in [0.1, 0.15) is 43.9 Å². The zero-order valence-electron chi connectivity index (χ0n) is 16.0. The molecule has 0 saturated carbocycles. The number of carbonyl (C=O) groups is 2. The highest BCUT2D eigenvalue weighted by Crippen LogP contribution is 2.16. The molecule has 0 unspecified atom stereocenters. The minimum absolute atomic E-state index is 0.177. The van der Waals surface area contributed by atoms with Crippen molar-refractivity contribution < 1.29 is 14.0 Å². The van der Waals surface area contributed by atoms with E-state index in [1.54, 1.807) is 12.1 Å². The van der Waals surface area contributed by atoms with Crippen LogP contribution in [0, 0.1) is 5.82 Å². The van der Waals surface area contributed by atoms with Crippen LogP contribution in [0.5, 0.6) is 0 Å². The van der Waals surface area contributed by atoms with Crippen molar-refractivity contribution in [2.24, 2.45) is 0 Å². The monoisotopic (exact) mass is 449 g/mol. The van der Waals surface area contributed by atoms with Gasteiger partial charge in [-0.1, -0.05) is 53.5 Å². The van der Waals surface area contributed by atoms with E-state index < -0.39 is 12.1 Å². The molecular formula is C21H25BrFN3O2. The van der Waals surface area contributed by atoms with Gasteiger partial charge in [-0.2, -0.15) is 0 Å². The molecule has 0 heterocycles. The number of carbonyl (C=O) groups excluding carboxylic acids is 2. The Balaban J connectivity index is 1.89. The average molecular weight is 450 g/mol. The van der Waals surface area contributed by atoms with Gasteiger partial charge in [-0.3, -0.25) is 4.79 Å². The molecule has 28 heavy (non-hydrogen) atoms. The van der Waals surface area contributed by atoms with Crippen LogP contribution in [-0.2, 0) is 11.3 Å². The second kappa shape index (κ2) is 10.8. The largest absolute Gasteiger partial charge is 0.348 e. The van der Waals surface area contributed by atoms with Crippen molar-refractivity contribution in [1.82, 2.24) is 16.0 Å². The van der Waals surface area contributed by atoms with E-state index in [2.05, 4.69) is 31.9 Å². The molecule has 2 rings (SSSR count). The molecule has 5 nitrogen and oxygen atoms in total. The Morgan fingerprint density at radius 3 is 2.29 bits per heavy atom. The molecule has 0 spiro atoms. The van der Waals surface area contributed by atoms with Gasteiger partial charge >= 0.3 is 6.03 Å². The molecule has 2 aromatic carbocycles. The average Bonchev–Trinajstić information content (AvgIpc) is 2.67. The van der Waals surface area contributed by atoms with Crippen LogP contribution in [-0.4, -0.2) is 18.0 Å². The van der Waals surface area contributed by atoms with Crippen molar-refractivity contribution in [3.05, 3.63) is 69.9 Å². The lowest BCUT2D eigenvalue weighted by atomic mass is 10.1. The third-order valence-electron chi connectivity index (χ3n) is 4.29. The molecular weight excluding hydrogens is 425 g/mol. The van der Waals surface area contributed by atoms with Gasteiger partial charge in [-0.05, 0) is 48.7 Å². The van der Waals surface area contributed by atoms with E-state index >= 15 is 0 Å². The first kappa shape index (κ1) is 21.9. The van der Waals surface area contributed by atoms with Crippen LogP contribution in [0.2, 0.25) is 0 Å². The summed E-state index contributed by atoms with van der Waals surface area (Å²) >= 11 is 3.39. The Kier molecular flexibility index (Phi) is 8.44. The third kappa shape index (κ3) is 6.96. The van der Waals surface area contributed by atoms with Crippen LogP contribution in [0.25, 0.3) is 0 Å². The summed E-state index contributed by atoms with van der Waals surface area (Å²) in [7, 11) is 0. The number of hydrogen-bond donors (Lipinski definition) is 3. The normalized spacial score (nSPS) is 12.7. The smallest absolute Gasteiger partial charge is 0.315 e. The summed E-state index contributed by atoms with van der Waals surface area (Å²) in [6, 6.07) is 12.4. The number of urea groups is 1. The summed E-state index contributed by atoms with van der Waals surface area (Å²) in [5, 5.41) is 8.36. The highest BCUT2D eigenvalue weighted by molar-refractivity contribution is 9.10. The highest BCUT2D eigenvalue weighted by atomic mass is 79.9. The summed E-state index contributed by atoms with van der Waals surface area (Å²) in [4.78, 5) is 24.8. The lowest BCUT2D eigenvalue weighted by molar-refractivity contribution is -0.123. The van der Waals surface area contributed by atoms with Crippen LogP contribution in [0.3, 0.4) is 0 Å². The summed E-state index contributed by atoms with van der Waals surface area (Å²) in [6.45, 7) is 4.11. The Bertz CT molecular complexity index is 781. The first-order valence-electron chi connectivity index (χ1n) is 9.23. The zero-order chi connectivity index (χ0) is 20.5. The second-order valence-corrected chi connectivity index (χ2v) is 7.49. The van der Waals surface area contributed by atoms with Crippen LogP contribution in [0.4, 0.5) is 9.18 Å². The molecule has 0 aromatic heterocycles. The molecule has 0 bridgehead atoms. The fraction of sp³-hybridized carbons (Fsp3) is 0.333. The summed E-state index contributed by atoms with van der Waals surface area (Å²) in [5.41, 5.74) is 1.75. The molecule has 0 fully saturated rings. The second-order valence-electron chi connectivity index (χ2n) is 6.58. The first-order chi connectivity index (χ1) is 13.4. The molecule has 0 aliphatic carbocycles. The van der Waals surface area contributed by atoms with Gasteiger partial charge < -0.3 is 16.0 Å². The van der Waals surface area contributed by atoms with E-state index in [0.29, 0.717) is 6.42 Å². The van der Waals surface area contributed by atoms with Crippen molar-refractivity contribution >= 4 is 27.9 Å². The molecule has 0 aliphatic rings. The molecule has 0 aliphatic heterocycles. The molecule has 150 valence electrons. The molecule has 3 N–H and O–H groups in total. The fourth-order valence-electron chi connectivity index (χ4n) is 2.70. The van der Waals surface area contributed by atoms with Gasteiger partial charge in [-0.15, -0.1) is 0 Å². The van der Waals surface area contributed by atoms with E-state index in [9.17, 15) is 14.0 Å². The summed E-state index contributed by atoms with van der Waals surface area (Å²) in [6.07, 6.45) is 1.28. The number of benzene rings is 2. The Morgan fingerprint density at radius 1 is 1.04 bits per heavy atom. The topological polar surface area (TPSA) is 70.2 Å². The van der Waals surface area contributed by atoms with Crippen molar-refractivity contribution in [3.63, 3.8) is 0 Å². The van der Waals surface area contributed by atoms with E-state index in [0.717, 1.165) is 22.0 Å². The van der Waals surface area contributed by atoms with Crippen molar-refractivity contribution in [2.75, 3.05) is 0 Å². The zero-order valence-corrected chi connectivity index (χ0v) is 17.6. The molecule has 3 amide bonds. The van der Waals surface area contributed by atoms with E-state index in [4.69, 9.17) is 0 Å². The van der Waals surface area contributed by atoms with Gasteiger partial charge in [0, 0.05) is 11.0 Å². The molecule has 0 radical (unpaired) electrons. The number of nitrogens with one attached hydrogen (secondary N) is 3. The van der Waals surface area contributed by atoms with Gasteiger partial charge in [0.15, 0.2) is 0 Å². The first-order valence-corrected chi connectivity index (χ1v) is 10.0. The quantitative estimate of drug-likeness (QED) is 0.557. The van der Waals surface area contributed by atoms with Gasteiger partial charge in [0.2, 0.25) is 5.91 Å². The maximum atomic E-state index is 12.9. The SMILES string of the molecule is CCC[C@H](NC(=O)NCc1ccc(F)cc1)C(=O)N[C@@H](C)c1ccc(Br)cc1. The number of amides is 3. The van der Waals surface area contributed by atoms with E-state index in [1.807, 2.05) is 38.1 Å². The highest BCUT2D eigenvalue weighted by Gasteiger charge is 2.21. The van der Waals surface area contributed by atoms with Crippen molar-refractivity contribution in [2.45, 2.75) is 45.3 Å². The van der Waals surface area contributed by atoms with Crippen LogP contribution < -0.4 is 16.0 Å². The number of rotatable bonds is 8. The maximum absolute atomic E-state index is 12.9. The Hall–Kier alpha value is -2.41. The Labute approximate surface area is 173 Å². The Morgan fingerprint density at radius 2 is 1.68 bits per heavy atom. The van der Waals surface area contributed by atoms with Gasteiger partial charge in [-0.25, -0.2) is 9.18 Å². The lowest BCUT2D eigenvalue weighted by Gasteiger charge is -2.21. The van der Waals surface area contributed by atoms with E-state index in [-0.39, 0.29) is 24.3 Å². The minimum Gasteiger partial charge on any atom is -0.348 e. The lowest BCUT2D eigenvalue weighted by Crippen LogP contribution is -2.50. The summed E-state index contributed by atoms with van der Waals surface area (Å²) < 4.78 is 13.9. The van der Waals surface area contributed by atoms with E-state index in [1.165, 1.54) is 12.1 Å². The van der Waals surface area contributed by atoms with Crippen LogP contribution >= 0.6 is 15.9 Å². The predicted molar refractivity (Wildman–Crippen MR) is 111 cm³/mol. The molecule has 2 aromatic rings. The van der Waals surface area contributed by atoms with Crippen LogP contribution in [0.15, 0.2) is 53.0 Å². The number of hydrogen-bond acceptors (Lipinski definition) is 2. The van der Waals surface area contributed by atoms with Gasteiger partial charge in [0.1, 0.15) is 11.9 Å².